The van der Waals surface area contributed by atoms with Crippen LogP contribution in [0.3, 0.4) is 0 Å². The first-order chi connectivity index (χ1) is 13.0. The van der Waals surface area contributed by atoms with Gasteiger partial charge in [-0.3, -0.25) is 9.59 Å². The Balaban J connectivity index is 1.82. The van der Waals surface area contributed by atoms with Crippen molar-refractivity contribution < 1.29 is 9.59 Å². The molecule has 0 bridgehead atoms. The van der Waals surface area contributed by atoms with Crippen LogP contribution in [0.25, 0.3) is 0 Å². The van der Waals surface area contributed by atoms with E-state index in [4.69, 9.17) is 0 Å². The maximum Gasteiger partial charge on any atom is 0.232 e. The number of anilines is 2. The fourth-order valence-corrected chi connectivity index (χ4v) is 3.63. The van der Waals surface area contributed by atoms with Crippen molar-refractivity contribution in [2.45, 2.75) is 40.0 Å². The van der Waals surface area contributed by atoms with Gasteiger partial charge < -0.3 is 9.80 Å². The molecule has 0 aliphatic carbocycles. The maximum absolute atomic E-state index is 13.3. The molecule has 4 heteroatoms. The number of hydrogen-bond donors (Lipinski definition) is 0. The summed E-state index contributed by atoms with van der Waals surface area (Å²) in [5.74, 6) is -0.212. The van der Waals surface area contributed by atoms with Gasteiger partial charge in [0.1, 0.15) is 0 Å². The first kappa shape index (κ1) is 19.2. The summed E-state index contributed by atoms with van der Waals surface area (Å²) in [6, 6.07) is 15.9. The third-order valence-corrected chi connectivity index (χ3v) is 5.20. The van der Waals surface area contributed by atoms with Crippen molar-refractivity contribution in [3.63, 3.8) is 0 Å². The Morgan fingerprint density at radius 2 is 1.89 bits per heavy atom. The monoisotopic (exact) mass is 364 g/mol. The predicted octanol–water partition coefficient (Wildman–Crippen LogP) is 4.49. The Morgan fingerprint density at radius 1 is 1.15 bits per heavy atom. The molecule has 1 aliphatic heterocycles. The fraction of sp³-hybridized carbons (Fsp3) is 0.391. The zero-order valence-corrected chi connectivity index (χ0v) is 16.4. The summed E-state index contributed by atoms with van der Waals surface area (Å²) in [6.07, 6.45) is 2.25. The fourth-order valence-electron chi connectivity index (χ4n) is 3.63. The average Bonchev–Trinajstić information content (AvgIpc) is 3.06. The molecule has 0 radical (unpaired) electrons. The highest BCUT2D eigenvalue weighted by atomic mass is 16.2. The van der Waals surface area contributed by atoms with E-state index in [-0.39, 0.29) is 24.2 Å². The minimum Gasteiger partial charge on any atom is -0.312 e. The van der Waals surface area contributed by atoms with Gasteiger partial charge >= 0.3 is 0 Å². The highest BCUT2D eigenvalue weighted by Gasteiger charge is 2.37. The molecule has 0 aromatic heterocycles. The van der Waals surface area contributed by atoms with E-state index in [9.17, 15) is 9.59 Å². The molecule has 1 saturated heterocycles. The van der Waals surface area contributed by atoms with Gasteiger partial charge in [0.2, 0.25) is 11.8 Å². The number of nitrogens with zero attached hydrogens (tertiary/aromatic N) is 2. The van der Waals surface area contributed by atoms with Gasteiger partial charge in [-0.05, 0) is 49.6 Å². The molecule has 0 saturated carbocycles. The van der Waals surface area contributed by atoms with Crippen molar-refractivity contribution in [1.82, 2.24) is 0 Å². The number of para-hydroxylation sites is 1. The number of benzene rings is 2. The Bertz CT molecular complexity index is 816. The topological polar surface area (TPSA) is 40.6 Å². The highest BCUT2D eigenvalue weighted by Crippen LogP contribution is 2.30. The van der Waals surface area contributed by atoms with E-state index in [0.717, 1.165) is 35.3 Å². The van der Waals surface area contributed by atoms with E-state index in [0.29, 0.717) is 13.1 Å². The zero-order valence-electron chi connectivity index (χ0n) is 16.4. The average molecular weight is 364 g/mol. The highest BCUT2D eigenvalue weighted by molar-refractivity contribution is 6.04. The third kappa shape index (κ3) is 4.21. The van der Waals surface area contributed by atoms with Crippen molar-refractivity contribution in [3.8, 4) is 0 Å². The van der Waals surface area contributed by atoms with Crippen molar-refractivity contribution in [2.24, 2.45) is 5.92 Å². The molecule has 1 heterocycles. The summed E-state index contributed by atoms with van der Waals surface area (Å²) in [4.78, 5) is 29.6. The van der Waals surface area contributed by atoms with Crippen LogP contribution in [0.2, 0.25) is 0 Å². The van der Waals surface area contributed by atoms with Crippen LogP contribution in [-0.4, -0.2) is 24.9 Å². The molecule has 142 valence electrons. The van der Waals surface area contributed by atoms with E-state index < -0.39 is 0 Å². The molecular formula is C23H28N2O2. The van der Waals surface area contributed by atoms with E-state index in [2.05, 4.69) is 6.92 Å². The lowest BCUT2D eigenvalue weighted by atomic mass is 10.1. The Labute approximate surface area is 161 Å². The molecule has 3 rings (SSSR count). The number of unbranched alkanes of at least 4 members (excludes halogenated alkanes) is 1. The first-order valence-corrected chi connectivity index (χ1v) is 9.75. The molecule has 2 aromatic rings. The van der Waals surface area contributed by atoms with Crippen molar-refractivity contribution >= 4 is 23.2 Å². The second-order valence-corrected chi connectivity index (χ2v) is 7.37. The van der Waals surface area contributed by atoms with Crippen LogP contribution in [0.1, 0.15) is 37.3 Å². The van der Waals surface area contributed by atoms with E-state index in [1.54, 1.807) is 4.90 Å². The number of hydrogen-bond acceptors (Lipinski definition) is 2. The summed E-state index contributed by atoms with van der Waals surface area (Å²) in [5, 5.41) is 0. The van der Waals surface area contributed by atoms with Gasteiger partial charge in [-0.15, -0.1) is 0 Å². The Kier molecular flexibility index (Phi) is 5.94. The van der Waals surface area contributed by atoms with E-state index in [1.807, 2.05) is 67.3 Å². The molecule has 2 amide bonds. The van der Waals surface area contributed by atoms with E-state index >= 15 is 0 Å². The number of amides is 2. The van der Waals surface area contributed by atoms with E-state index in [1.165, 1.54) is 0 Å². The molecule has 1 unspecified atom stereocenters. The second kappa shape index (κ2) is 8.38. The number of rotatable bonds is 6. The molecule has 0 spiro atoms. The lowest BCUT2D eigenvalue weighted by Gasteiger charge is -2.26. The minimum atomic E-state index is -0.297. The van der Waals surface area contributed by atoms with Crippen molar-refractivity contribution in [2.75, 3.05) is 22.9 Å². The van der Waals surface area contributed by atoms with Gasteiger partial charge in [0.05, 0.1) is 5.92 Å². The summed E-state index contributed by atoms with van der Waals surface area (Å²) in [5.41, 5.74) is 4.02. The van der Waals surface area contributed by atoms with Crippen LogP contribution in [-0.2, 0) is 9.59 Å². The predicted molar refractivity (Wildman–Crippen MR) is 110 cm³/mol. The lowest BCUT2D eigenvalue weighted by Crippen LogP contribution is -2.38. The smallest absolute Gasteiger partial charge is 0.232 e. The molecule has 2 aromatic carbocycles. The van der Waals surface area contributed by atoms with Crippen molar-refractivity contribution in [1.29, 1.82) is 0 Å². The van der Waals surface area contributed by atoms with Gasteiger partial charge in [-0.1, -0.05) is 43.7 Å². The summed E-state index contributed by atoms with van der Waals surface area (Å²) in [6.45, 7) is 7.29. The lowest BCUT2D eigenvalue weighted by molar-refractivity contribution is -0.124. The molecule has 4 nitrogen and oxygen atoms in total. The molecule has 0 N–H and O–H groups in total. The summed E-state index contributed by atoms with van der Waals surface area (Å²) < 4.78 is 0. The standard InChI is InChI=1S/C23H28N2O2/c1-4-5-13-24(20-9-7-6-8-10-20)23(27)19-15-22(26)25(16-19)21-14-17(2)11-12-18(21)3/h6-12,14,19H,4-5,13,15-16H2,1-3H3. The van der Waals surface area contributed by atoms with Crippen LogP contribution < -0.4 is 9.80 Å². The third-order valence-electron chi connectivity index (χ3n) is 5.20. The Morgan fingerprint density at radius 3 is 2.59 bits per heavy atom. The molecule has 1 aliphatic rings. The number of aryl methyl sites for hydroxylation is 2. The van der Waals surface area contributed by atoms with Crippen LogP contribution in [0.15, 0.2) is 48.5 Å². The summed E-state index contributed by atoms with van der Waals surface area (Å²) >= 11 is 0. The van der Waals surface area contributed by atoms with Gasteiger partial charge in [-0.2, -0.15) is 0 Å². The van der Waals surface area contributed by atoms with Crippen molar-refractivity contribution in [3.05, 3.63) is 59.7 Å². The zero-order chi connectivity index (χ0) is 19.4. The van der Waals surface area contributed by atoms with Gasteiger partial charge in [0.25, 0.3) is 0 Å². The maximum atomic E-state index is 13.3. The van der Waals surface area contributed by atoms with Gasteiger partial charge in [0.15, 0.2) is 0 Å². The van der Waals surface area contributed by atoms with Crippen LogP contribution in [0, 0.1) is 19.8 Å². The van der Waals surface area contributed by atoms with Crippen LogP contribution in [0.5, 0.6) is 0 Å². The molecular weight excluding hydrogens is 336 g/mol. The molecule has 1 fully saturated rings. The number of carbonyl (C=O) groups excluding carboxylic acids is 2. The second-order valence-electron chi connectivity index (χ2n) is 7.37. The van der Waals surface area contributed by atoms with Gasteiger partial charge in [-0.25, -0.2) is 0 Å². The molecule has 27 heavy (non-hydrogen) atoms. The summed E-state index contributed by atoms with van der Waals surface area (Å²) in [7, 11) is 0. The normalized spacial score (nSPS) is 16.6. The quantitative estimate of drug-likeness (QED) is 0.758. The number of carbonyl (C=O) groups is 2. The van der Waals surface area contributed by atoms with Crippen LogP contribution >= 0.6 is 0 Å². The Hall–Kier alpha value is -2.62. The van der Waals surface area contributed by atoms with Crippen LogP contribution in [0.4, 0.5) is 11.4 Å². The molecule has 1 atom stereocenters. The van der Waals surface area contributed by atoms with Gasteiger partial charge in [0, 0.05) is 30.9 Å². The first-order valence-electron chi connectivity index (χ1n) is 9.75. The SMILES string of the molecule is CCCCN(C(=O)C1CC(=O)N(c2cc(C)ccc2C)C1)c1ccccc1. The minimum absolute atomic E-state index is 0.0329. The largest absolute Gasteiger partial charge is 0.312 e.